The Hall–Kier alpha value is -1.95. The molecule has 2 rings (SSSR count). The van der Waals surface area contributed by atoms with Crippen LogP contribution in [0.25, 0.3) is 0 Å². The molecule has 2 N–H and O–H groups in total. The third-order valence-corrected chi connectivity index (χ3v) is 5.42. The lowest BCUT2D eigenvalue weighted by Crippen LogP contribution is -2.52. The van der Waals surface area contributed by atoms with Gasteiger partial charge in [0.25, 0.3) is 0 Å². The SMILES string of the molecule is CC(C)(C)NC(=O)CN1CCC(F)(CNC(=O)Cc2ccc(C(C)(C)C)cc2)CC1. The molecule has 30 heavy (non-hydrogen) atoms. The van der Waals surface area contributed by atoms with E-state index in [1.165, 1.54) is 5.56 Å². The second-order valence-corrected chi connectivity index (χ2v) is 10.6. The highest BCUT2D eigenvalue weighted by Gasteiger charge is 2.35. The molecule has 5 nitrogen and oxygen atoms in total. The van der Waals surface area contributed by atoms with Gasteiger partial charge in [0.15, 0.2) is 0 Å². The van der Waals surface area contributed by atoms with Gasteiger partial charge in [-0.05, 0) is 50.2 Å². The van der Waals surface area contributed by atoms with Crippen LogP contribution >= 0.6 is 0 Å². The van der Waals surface area contributed by atoms with Crippen LogP contribution in [-0.4, -0.2) is 54.1 Å². The van der Waals surface area contributed by atoms with Crippen molar-refractivity contribution in [3.63, 3.8) is 0 Å². The van der Waals surface area contributed by atoms with Crippen molar-refractivity contribution < 1.29 is 14.0 Å². The Bertz CT molecular complexity index is 724. The summed E-state index contributed by atoms with van der Waals surface area (Å²) in [5, 5.41) is 5.69. The Kier molecular flexibility index (Phi) is 7.67. The zero-order valence-corrected chi connectivity index (χ0v) is 19.4. The van der Waals surface area contributed by atoms with Crippen LogP contribution in [0, 0.1) is 0 Å². The fourth-order valence-corrected chi connectivity index (χ4v) is 3.58. The zero-order valence-electron chi connectivity index (χ0n) is 19.4. The number of rotatable bonds is 6. The Labute approximate surface area is 180 Å². The summed E-state index contributed by atoms with van der Waals surface area (Å²) in [5.41, 5.74) is 0.533. The van der Waals surface area contributed by atoms with Crippen LogP contribution in [0.2, 0.25) is 0 Å². The monoisotopic (exact) mass is 419 g/mol. The van der Waals surface area contributed by atoms with Crippen molar-refractivity contribution in [2.24, 2.45) is 0 Å². The van der Waals surface area contributed by atoms with E-state index in [1.54, 1.807) is 0 Å². The van der Waals surface area contributed by atoms with Gasteiger partial charge in [-0.25, -0.2) is 4.39 Å². The zero-order chi connectivity index (χ0) is 22.6. The molecule has 168 valence electrons. The Morgan fingerprint density at radius 1 is 1.00 bits per heavy atom. The predicted molar refractivity (Wildman–Crippen MR) is 119 cm³/mol. The van der Waals surface area contributed by atoms with Gasteiger partial charge in [0.05, 0.1) is 19.5 Å². The summed E-state index contributed by atoms with van der Waals surface area (Å²) in [4.78, 5) is 26.3. The van der Waals surface area contributed by atoms with E-state index in [9.17, 15) is 9.59 Å². The number of alkyl halides is 1. The number of nitrogens with one attached hydrogen (secondary N) is 2. The van der Waals surface area contributed by atoms with E-state index in [0.29, 0.717) is 25.9 Å². The fourth-order valence-electron chi connectivity index (χ4n) is 3.58. The third-order valence-electron chi connectivity index (χ3n) is 5.42. The molecule has 0 saturated carbocycles. The number of amides is 2. The van der Waals surface area contributed by atoms with Gasteiger partial charge in [-0.1, -0.05) is 45.0 Å². The van der Waals surface area contributed by atoms with E-state index < -0.39 is 5.67 Å². The molecule has 1 fully saturated rings. The number of likely N-dealkylation sites (tertiary alicyclic amines) is 1. The van der Waals surface area contributed by atoms with Crippen LogP contribution < -0.4 is 10.6 Å². The van der Waals surface area contributed by atoms with Crippen LogP contribution in [0.15, 0.2) is 24.3 Å². The number of piperidine rings is 1. The summed E-state index contributed by atoms with van der Waals surface area (Å²) in [6.07, 6.45) is 0.881. The van der Waals surface area contributed by atoms with Gasteiger partial charge < -0.3 is 10.6 Å². The minimum atomic E-state index is -1.41. The van der Waals surface area contributed by atoms with Gasteiger partial charge in [-0.3, -0.25) is 14.5 Å². The molecule has 6 heteroatoms. The predicted octanol–water partition coefficient (Wildman–Crippen LogP) is 3.36. The van der Waals surface area contributed by atoms with Crippen molar-refractivity contribution in [3.05, 3.63) is 35.4 Å². The lowest BCUT2D eigenvalue weighted by molar-refractivity contribution is -0.124. The second kappa shape index (κ2) is 9.46. The molecule has 0 aliphatic carbocycles. The number of benzene rings is 1. The molecule has 1 aromatic rings. The first-order chi connectivity index (χ1) is 13.8. The van der Waals surface area contributed by atoms with E-state index in [0.717, 1.165) is 5.56 Å². The molecule has 1 saturated heterocycles. The summed E-state index contributed by atoms with van der Waals surface area (Å²) in [6, 6.07) is 8.02. The van der Waals surface area contributed by atoms with Crippen LogP contribution in [0.1, 0.15) is 65.5 Å². The minimum Gasteiger partial charge on any atom is -0.353 e. The first-order valence-electron chi connectivity index (χ1n) is 10.8. The van der Waals surface area contributed by atoms with Crippen molar-refractivity contribution in [2.45, 2.75) is 77.4 Å². The number of halogens is 1. The van der Waals surface area contributed by atoms with Gasteiger partial charge >= 0.3 is 0 Å². The first kappa shape index (κ1) is 24.3. The van der Waals surface area contributed by atoms with Crippen molar-refractivity contribution in [1.29, 1.82) is 0 Å². The van der Waals surface area contributed by atoms with E-state index >= 15 is 4.39 Å². The molecule has 1 aromatic carbocycles. The number of carbonyl (C=O) groups is 2. The summed E-state index contributed by atoms with van der Waals surface area (Å²) in [7, 11) is 0. The Morgan fingerprint density at radius 2 is 1.57 bits per heavy atom. The van der Waals surface area contributed by atoms with Gasteiger partial charge in [0, 0.05) is 18.6 Å². The van der Waals surface area contributed by atoms with E-state index in [2.05, 4.69) is 31.4 Å². The van der Waals surface area contributed by atoms with E-state index in [4.69, 9.17) is 0 Å². The smallest absolute Gasteiger partial charge is 0.234 e. The van der Waals surface area contributed by atoms with E-state index in [-0.39, 0.29) is 42.3 Å². The normalized spacial score (nSPS) is 17.4. The second-order valence-electron chi connectivity index (χ2n) is 10.6. The third kappa shape index (κ3) is 8.05. The molecule has 1 aliphatic heterocycles. The number of hydrogen-bond acceptors (Lipinski definition) is 3. The van der Waals surface area contributed by atoms with Crippen molar-refractivity contribution in [3.8, 4) is 0 Å². The molecule has 2 amide bonds. The highest BCUT2D eigenvalue weighted by atomic mass is 19.1. The van der Waals surface area contributed by atoms with Gasteiger partial charge in [-0.2, -0.15) is 0 Å². The Balaban J connectivity index is 1.75. The fraction of sp³-hybridized carbons (Fsp3) is 0.667. The molecule has 1 aliphatic rings. The first-order valence-corrected chi connectivity index (χ1v) is 10.8. The Morgan fingerprint density at radius 3 is 2.07 bits per heavy atom. The molecule has 0 radical (unpaired) electrons. The number of nitrogens with zero attached hydrogens (tertiary/aromatic N) is 1. The lowest BCUT2D eigenvalue weighted by atomic mass is 9.86. The average molecular weight is 420 g/mol. The van der Waals surface area contributed by atoms with E-state index in [1.807, 2.05) is 49.9 Å². The number of hydrogen-bond donors (Lipinski definition) is 2. The summed E-state index contributed by atoms with van der Waals surface area (Å²) >= 11 is 0. The van der Waals surface area contributed by atoms with Gasteiger partial charge in [0.1, 0.15) is 5.67 Å². The quantitative estimate of drug-likeness (QED) is 0.743. The molecule has 1 heterocycles. The van der Waals surface area contributed by atoms with Crippen molar-refractivity contribution >= 4 is 11.8 Å². The lowest BCUT2D eigenvalue weighted by Gasteiger charge is -2.36. The van der Waals surface area contributed by atoms with Crippen molar-refractivity contribution in [1.82, 2.24) is 15.5 Å². The van der Waals surface area contributed by atoms with Gasteiger partial charge in [-0.15, -0.1) is 0 Å². The molecular formula is C24H38FN3O2. The maximum absolute atomic E-state index is 15.1. The minimum absolute atomic E-state index is 0.0218. The van der Waals surface area contributed by atoms with Crippen LogP contribution in [0.5, 0.6) is 0 Å². The topological polar surface area (TPSA) is 61.4 Å². The van der Waals surface area contributed by atoms with Crippen LogP contribution in [-0.2, 0) is 21.4 Å². The van der Waals surface area contributed by atoms with Gasteiger partial charge in [0.2, 0.25) is 11.8 Å². The molecule has 0 bridgehead atoms. The molecule has 0 spiro atoms. The number of carbonyl (C=O) groups excluding carboxylic acids is 2. The average Bonchev–Trinajstić information content (AvgIpc) is 2.60. The van der Waals surface area contributed by atoms with Crippen molar-refractivity contribution in [2.75, 3.05) is 26.2 Å². The van der Waals surface area contributed by atoms with Crippen LogP contribution in [0.4, 0.5) is 4.39 Å². The summed E-state index contributed by atoms with van der Waals surface area (Å²) < 4.78 is 15.1. The summed E-state index contributed by atoms with van der Waals surface area (Å²) in [6.45, 7) is 13.6. The maximum atomic E-state index is 15.1. The largest absolute Gasteiger partial charge is 0.353 e. The highest BCUT2D eigenvalue weighted by molar-refractivity contribution is 5.79. The molecule has 0 unspecified atom stereocenters. The molecule has 0 aromatic heterocycles. The van der Waals surface area contributed by atoms with Crippen LogP contribution in [0.3, 0.4) is 0 Å². The standard InChI is InChI=1S/C24H38FN3O2/c1-22(2,3)19-9-7-18(8-10-19)15-20(29)26-17-24(25)11-13-28(14-12-24)16-21(30)27-23(4,5)6/h7-10H,11-17H2,1-6H3,(H,26,29)(H,27,30). The maximum Gasteiger partial charge on any atom is 0.234 e. The molecule has 0 atom stereocenters. The summed E-state index contributed by atoms with van der Waals surface area (Å²) in [5.74, 6) is -0.206. The highest BCUT2D eigenvalue weighted by Crippen LogP contribution is 2.26. The molecular weight excluding hydrogens is 381 g/mol.